The second-order valence-corrected chi connectivity index (χ2v) is 3.91. The average molecular weight is 210 g/mol. The maximum Gasteiger partial charge on any atom is 0.137 e. The van der Waals surface area contributed by atoms with Gasteiger partial charge < -0.3 is 5.32 Å². The Balaban J connectivity index is 2.15. The minimum atomic E-state index is 0.669. The van der Waals surface area contributed by atoms with Crippen molar-refractivity contribution in [1.82, 2.24) is 20.5 Å². The molecule has 0 unspecified atom stereocenters. The van der Waals surface area contributed by atoms with Gasteiger partial charge in [-0.1, -0.05) is 26.7 Å². The SMILES string of the molecule is CCCC(CCC)NCCc1ncn[nH]1. The second kappa shape index (κ2) is 7.40. The molecule has 1 aromatic rings. The van der Waals surface area contributed by atoms with Crippen LogP contribution >= 0.6 is 0 Å². The van der Waals surface area contributed by atoms with Crippen LogP contribution in [0.15, 0.2) is 6.33 Å². The van der Waals surface area contributed by atoms with Crippen LogP contribution in [0.3, 0.4) is 0 Å². The lowest BCUT2D eigenvalue weighted by Crippen LogP contribution is -2.30. The van der Waals surface area contributed by atoms with Crippen LogP contribution in [0.4, 0.5) is 0 Å². The van der Waals surface area contributed by atoms with Crippen LogP contribution in [-0.4, -0.2) is 27.8 Å². The monoisotopic (exact) mass is 210 g/mol. The van der Waals surface area contributed by atoms with Crippen molar-refractivity contribution in [1.29, 1.82) is 0 Å². The molecule has 0 fully saturated rings. The summed E-state index contributed by atoms with van der Waals surface area (Å²) in [6, 6.07) is 0.669. The lowest BCUT2D eigenvalue weighted by atomic mass is 10.1. The largest absolute Gasteiger partial charge is 0.314 e. The summed E-state index contributed by atoms with van der Waals surface area (Å²) in [5.41, 5.74) is 0. The molecule has 0 aliphatic carbocycles. The zero-order chi connectivity index (χ0) is 10.9. The Morgan fingerprint density at radius 1 is 1.33 bits per heavy atom. The molecule has 0 aromatic carbocycles. The van der Waals surface area contributed by atoms with Gasteiger partial charge in [0.05, 0.1) is 0 Å². The first-order valence-corrected chi connectivity index (χ1v) is 5.94. The van der Waals surface area contributed by atoms with E-state index in [1.165, 1.54) is 25.7 Å². The van der Waals surface area contributed by atoms with Crippen molar-refractivity contribution in [2.75, 3.05) is 6.54 Å². The molecule has 0 spiro atoms. The zero-order valence-corrected chi connectivity index (χ0v) is 9.79. The quantitative estimate of drug-likeness (QED) is 0.689. The van der Waals surface area contributed by atoms with Crippen molar-refractivity contribution in [3.05, 3.63) is 12.2 Å². The molecule has 0 bridgehead atoms. The van der Waals surface area contributed by atoms with Crippen LogP contribution in [0.1, 0.15) is 45.4 Å². The topological polar surface area (TPSA) is 53.6 Å². The van der Waals surface area contributed by atoms with Crippen LogP contribution in [0.25, 0.3) is 0 Å². The van der Waals surface area contributed by atoms with Crippen LogP contribution in [0.5, 0.6) is 0 Å². The Morgan fingerprint density at radius 3 is 2.60 bits per heavy atom. The number of aromatic amines is 1. The fourth-order valence-electron chi connectivity index (χ4n) is 1.79. The van der Waals surface area contributed by atoms with Gasteiger partial charge in [0.1, 0.15) is 12.2 Å². The Kier molecular flexibility index (Phi) is 6.00. The number of aromatic nitrogens is 3. The van der Waals surface area contributed by atoms with E-state index in [1.54, 1.807) is 6.33 Å². The third kappa shape index (κ3) is 4.93. The van der Waals surface area contributed by atoms with E-state index in [0.717, 1.165) is 18.8 Å². The summed E-state index contributed by atoms with van der Waals surface area (Å²) in [6.07, 6.45) is 7.53. The molecule has 0 atom stereocenters. The summed E-state index contributed by atoms with van der Waals surface area (Å²) in [7, 11) is 0. The molecule has 15 heavy (non-hydrogen) atoms. The maximum atomic E-state index is 4.10. The van der Waals surface area contributed by atoms with Gasteiger partial charge in [0.15, 0.2) is 0 Å². The molecule has 1 rings (SSSR count). The van der Waals surface area contributed by atoms with Gasteiger partial charge in [-0.05, 0) is 12.8 Å². The molecule has 0 aliphatic heterocycles. The molecular formula is C11H22N4. The molecule has 1 aromatic heterocycles. The first-order chi connectivity index (χ1) is 7.36. The van der Waals surface area contributed by atoms with Crippen molar-refractivity contribution in [3.63, 3.8) is 0 Å². The highest BCUT2D eigenvalue weighted by molar-refractivity contribution is 4.81. The van der Waals surface area contributed by atoms with Crippen LogP contribution in [0, 0.1) is 0 Å². The third-order valence-electron chi connectivity index (χ3n) is 2.53. The van der Waals surface area contributed by atoms with E-state index in [9.17, 15) is 0 Å². The highest BCUT2D eigenvalue weighted by Gasteiger charge is 2.05. The minimum absolute atomic E-state index is 0.669. The summed E-state index contributed by atoms with van der Waals surface area (Å²) < 4.78 is 0. The molecule has 0 saturated heterocycles. The molecule has 0 aliphatic rings. The summed E-state index contributed by atoms with van der Waals surface area (Å²) in [5, 5.41) is 10.3. The number of nitrogens with one attached hydrogen (secondary N) is 2. The number of rotatable bonds is 8. The lowest BCUT2D eigenvalue weighted by Gasteiger charge is -2.16. The molecular weight excluding hydrogens is 188 g/mol. The number of hydrogen-bond acceptors (Lipinski definition) is 3. The van der Waals surface area contributed by atoms with Gasteiger partial charge in [0.2, 0.25) is 0 Å². The van der Waals surface area contributed by atoms with E-state index in [1.807, 2.05) is 0 Å². The number of hydrogen-bond donors (Lipinski definition) is 2. The second-order valence-electron chi connectivity index (χ2n) is 3.91. The van der Waals surface area contributed by atoms with E-state index in [0.29, 0.717) is 6.04 Å². The van der Waals surface area contributed by atoms with Crippen molar-refractivity contribution in [2.45, 2.75) is 52.0 Å². The summed E-state index contributed by atoms with van der Waals surface area (Å²) >= 11 is 0. The molecule has 1 heterocycles. The van der Waals surface area contributed by atoms with Crippen molar-refractivity contribution in [2.24, 2.45) is 0 Å². The van der Waals surface area contributed by atoms with E-state index >= 15 is 0 Å². The average Bonchev–Trinajstić information content (AvgIpc) is 2.71. The first-order valence-electron chi connectivity index (χ1n) is 5.94. The molecule has 0 radical (unpaired) electrons. The van der Waals surface area contributed by atoms with E-state index in [2.05, 4.69) is 34.3 Å². The van der Waals surface area contributed by atoms with E-state index < -0.39 is 0 Å². The van der Waals surface area contributed by atoms with Crippen molar-refractivity contribution < 1.29 is 0 Å². The van der Waals surface area contributed by atoms with Gasteiger partial charge in [-0.15, -0.1) is 0 Å². The molecule has 0 amide bonds. The molecule has 4 heteroatoms. The summed E-state index contributed by atoms with van der Waals surface area (Å²) in [4.78, 5) is 4.10. The van der Waals surface area contributed by atoms with Gasteiger partial charge in [-0.25, -0.2) is 4.98 Å². The van der Waals surface area contributed by atoms with Gasteiger partial charge in [0, 0.05) is 19.0 Å². The highest BCUT2D eigenvalue weighted by Crippen LogP contribution is 2.04. The van der Waals surface area contributed by atoms with E-state index in [-0.39, 0.29) is 0 Å². The Labute approximate surface area is 91.9 Å². The van der Waals surface area contributed by atoms with Gasteiger partial charge in [-0.3, -0.25) is 5.10 Å². The predicted octanol–water partition coefficient (Wildman–Crippen LogP) is 1.91. The van der Waals surface area contributed by atoms with Crippen LogP contribution < -0.4 is 5.32 Å². The molecule has 2 N–H and O–H groups in total. The predicted molar refractivity (Wildman–Crippen MR) is 61.7 cm³/mol. The zero-order valence-electron chi connectivity index (χ0n) is 9.79. The van der Waals surface area contributed by atoms with Crippen LogP contribution in [0.2, 0.25) is 0 Å². The standard InChI is InChI=1S/C11H22N4/c1-3-5-10(6-4-2)12-8-7-11-13-9-14-15-11/h9-10,12H,3-8H2,1-2H3,(H,13,14,15). The van der Waals surface area contributed by atoms with Crippen LogP contribution in [-0.2, 0) is 6.42 Å². The number of nitrogens with zero attached hydrogens (tertiary/aromatic N) is 2. The molecule has 4 nitrogen and oxygen atoms in total. The molecule has 86 valence electrons. The van der Waals surface area contributed by atoms with Crippen molar-refractivity contribution in [3.8, 4) is 0 Å². The smallest absolute Gasteiger partial charge is 0.137 e. The Bertz CT molecular complexity index is 227. The highest BCUT2D eigenvalue weighted by atomic mass is 15.2. The number of H-pyrrole nitrogens is 1. The maximum absolute atomic E-state index is 4.10. The normalized spacial score (nSPS) is 11.1. The summed E-state index contributed by atoms with van der Waals surface area (Å²) in [5.74, 6) is 0.967. The molecule has 0 saturated carbocycles. The Morgan fingerprint density at radius 2 is 2.07 bits per heavy atom. The minimum Gasteiger partial charge on any atom is -0.314 e. The summed E-state index contributed by atoms with van der Waals surface area (Å²) in [6.45, 7) is 5.46. The van der Waals surface area contributed by atoms with E-state index in [4.69, 9.17) is 0 Å². The lowest BCUT2D eigenvalue weighted by molar-refractivity contribution is 0.445. The van der Waals surface area contributed by atoms with Gasteiger partial charge in [-0.2, -0.15) is 5.10 Å². The Hall–Kier alpha value is -0.900. The van der Waals surface area contributed by atoms with Crippen molar-refractivity contribution >= 4 is 0 Å². The fourth-order valence-corrected chi connectivity index (χ4v) is 1.79. The van der Waals surface area contributed by atoms with Gasteiger partial charge in [0.25, 0.3) is 0 Å². The fraction of sp³-hybridized carbons (Fsp3) is 0.818. The van der Waals surface area contributed by atoms with Gasteiger partial charge >= 0.3 is 0 Å². The first kappa shape index (κ1) is 12.2. The third-order valence-corrected chi connectivity index (χ3v) is 2.53.